The second-order valence-electron chi connectivity index (χ2n) is 2.61. The second kappa shape index (κ2) is 3.81. The average Bonchev–Trinajstić information content (AvgIpc) is 2.41. The number of aromatic nitrogens is 2. The topological polar surface area (TPSA) is 17.8 Å². The highest BCUT2D eigenvalue weighted by Crippen LogP contribution is 2.30. The van der Waals surface area contributed by atoms with E-state index < -0.39 is 24.2 Å². The number of rotatable bonds is 3. The molecule has 2 nitrogen and oxygen atoms in total. The lowest BCUT2D eigenvalue weighted by molar-refractivity contribution is 0.140. The van der Waals surface area contributed by atoms with Crippen LogP contribution in [0.4, 0.5) is 17.6 Å². The number of aryl methyl sites for hydroxylation is 1. The predicted molar refractivity (Wildman–Crippen MR) is 43.2 cm³/mol. The molecule has 1 heterocycles. The molecule has 0 aliphatic rings. The summed E-state index contributed by atoms with van der Waals surface area (Å²) < 4.78 is 50.2. The molecule has 0 spiro atoms. The van der Waals surface area contributed by atoms with E-state index in [0.29, 0.717) is 0 Å². The predicted octanol–water partition coefficient (Wildman–Crippen LogP) is 2.94. The summed E-state index contributed by atoms with van der Waals surface area (Å²) in [7, 11) is 1.19. The summed E-state index contributed by atoms with van der Waals surface area (Å²) in [4.78, 5) is 0. The molecule has 78 valence electrons. The van der Waals surface area contributed by atoms with Crippen molar-refractivity contribution in [2.24, 2.45) is 7.05 Å². The smallest absolute Gasteiger partial charge is 0.266 e. The van der Waals surface area contributed by atoms with E-state index >= 15 is 0 Å². The van der Waals surface area contributed by atoms with Gasteiger partial charge >= 0.3 is 0 Å². The third kappa shape index (κ3) is 1.64. The van der Waals surface area contributed by atoms with E-state index in [9.17, 15) is 17.6 Å². The fourth-order valence-corrected chi connectivity index (χ4v) is 1.20. The van der Waals surface area contributed by atoms with Crippen molar-refractivity contribution in [3.8, 4) is 0 Å². The van der Waals surface area contributed by atoms with Gasteiger partial charge in [0.2, 0.25) is 0 Å². The maximum atomic E-state index is 12.4. The highest BCUT2D eigenvalue weighted by Gasteiger charge is 2.25. The maximum Gasteiger partial charge on any atom is 0.282 e. The van der Waals surface area contributed by atoms with E-state index in [1.165, 1.54) is 7.05 Å². The second-order valence-corrected chi connectivity index (χ2v) is 2.61. The third-order valence-electron chi connectivity index (χ3n) is 1.78. The van der Waals surface area contributed by atoms with Gasteiger partial charge in [-0.3, -0.25) is 4.68 Å². The highest BCUT2D eigenvalue weighted by atomic mass is 19.3. The molecule has 0 N–H and O–H groups in total. The minimum absolute atomic E-state index is 0.280. The molecule has 1 aromatic heterocycles. The molecule has 0 aliphatic heterocycles. The zero-order valence-corrected chi connectivity index (χ0v) is 7.35. The van der Waals surface area contributed by atoms with Crippen LogP contribution in [0.25, 0.3) is 6.08 Å². The largest absolute Gasteiger partial charge is 0.282 e. The van der Waals surface area contributed by atoms with Crippen LogP contribution in [0.2, 0.25) is 0 Å². The van der Waals surface area contributed by atoms with Crippen molar-refractivity contribution < 1.29 is 17.6 Å². The summed E-state index contributed by atoms with van der Waals surface area (Å²) in [5, 5.41) is 3.32. The average molecular weight is 208 g/mol. The molecule has 0 aliphatic carbocycles. The van der Waals surface area contributed by atoms with Crippen LogP contribution in [0.3, 0.4) is 0 Å². The van der Waals surface area contributed by atoms with Gasteiger partial charge in [0.05, 0.1) is 0 Å². The third-order valence-corrected chi connectivity index (χ3v) is 1.78. The highest BCUT2D eigenvalue weighted by molar-refractivity contribution is 5.53. The van der Waals surface area contributed by atoms with Crippen molar-refractivity contribution in [1.82, 2.24) is 9.78 Å². The number of halogens is 4. The minimum Gasteiger partial charge on any atom is -0.266 e. The lowest BCUT2D eigenvalue weighted by atomic mass is 10.2. The molecular weight excluding hydrogens is 200 g/mol. The van der Waals surface area contributed by atoms with Gasteiger partial charge in [-0.1, -0.05) is 12.7 Å². The van der Waals surface area contributed by atoms with Crippen LogP contribution in [0.15, 0.2) is 6.58 Å². The monoisotopic (exact) mass is 208 g/mol. The molecule has 0 atom stereocenters. The Morgan fingerprint density at radius 3 is 2.21 bits per heavy atom. The van der Waals surface area contributed by atoms with E-state index in [4.69, 9.17) is 0 Å². The molecule has 14 heavy (non-hydrogen) atoms. The quantitative estimate of drug-likeness (QED) is 0.698. The first-order valence-corrected chi connectivity index (χ1v) is 3.74. The standard InChI is InChI=1S/C8H8F4N2/c1-3-4-5(7(9)10)13-14(2)6(4)8(11)12/h3,7-8H,1H2,2H3. The summed E-state index contributed by atoms with van der Waals surface area (Å²) >= 11 is 0. The van der Waals surface area contributed by atoms with E-state index in [1.807, 2.05) is 0 Å². The van der Waals surface area contributed by atoms with Crippen LogP contribution >= 0.6 is 0 Å². The Labute approximate surface area is 77.8 Å². The normalized spacial score (nSPS) is 11.4. The van der Waals surface area contributed by atoms with Crippen LogP contribution in [-0.4, -0.2) is 9.78 Å². The van der Waals surface area contributed by atoms with Crippen molar-refractivity contribution in [1.29, 1.82) is 0 Å². The number of alkyl halides is 4. The number of hydrogen-bond donors (Lipinski definition) is 0. The van der Waals surface area contributed by atoms with Gasteiger partial charge < -0.3 is 0 Å². The van der Waals surface area contributed by atoms with Crippen LogP contribution in [0, 0.1) is 0 Å². The van der Waals surface area contributed by atoms with Crippen LogP contribution in [0.5, 0.6) is 0 Å². The fourth-order valence-electron chi connectivity index (χ4n) is 1.20. The molecule has 0 amide bonds. The van der Waals surface area contributed by atoms with Gasteiger partial charge in [-0.25, -0.2) is 17.6 Å². The van der Waals surface area contributed by atoms with Gasteiger partial charge in [-0.05, 0) is 0 Å². The molecule has 6 heteroatoms. The van der Waals surface area contributed by atoms with Gasteiger partial charge in [-0.15, -0.1) is 0 Å². The van der Waals surface area contributed by atoms with Gasteiger partial charge in [0.25, 0.3) is 12.9 Å². The Morgan fingerprint density at radius 2 is 1.86 bits per heavy atom. The lowest BCUT2D eigenvalue weighted by Gasteiger charge is -2.00. The number of hydrogen-bond acceptors (Lipinski definition) is 1. The Hall–Kier alpha value is -1.33. The molecule has 0 saturated heterocycles. The van der Waals surface area contributed by atoms with Crippen LogP contribution in [-0.2, 0) is 7.05 Å². The molecule has 0 unspecified atom stereocenters. The molecule has 1 rings (SSSR count). The van der Waals surface area contributed by atoms with E-state index in [0.717, 1.165) is 10.8 Å². The Bertz CT molecular complexity index is 343. The molecule has 0 fully saturated rings. The van der Waals surface area contributed by atoms with Gasteiger partial charge in [0.1, 0.15) is 11.4 Å². The maximum absolute atomic E-state index is 12.4. The van der Waals surface area contributed by atoms with Gasteiger partial charge in [0, 0.05) is 12.6 Å². The molecule has 0 bridgehead atoms. The first-order chi connectivity index (χ1) is 6.49. The summed E-state index contributed by atoms with van der Waals surface area (Å²) in [6, 6.07) is 0. The van der Waals surface area contributed by atoms with Gasteiger partial charge in [0.15, 0.2) is 0 Å². The molecule has 1 aromatic rings. The number of nitrogens with zero attached hydrogens (tertiary/aromatic N) is 2. The first kappa shape index (κ1) is 10.7. The summed E-state index contributed by atoms with van der Waals surface area (Å²) in [6.07, 6.45) is -4.75. The first-order valence-electron chi connectivity index (χ1n) is 3.74. The molecular formula is C8H8F4N2. The fraction of sp³-hybridized carbons (Fsp3) is 0.375. The Morgan fingerprint density at radius 1 is 1.29 bits per heavy atom. The van der Waals surface area contributed by atoms with Crippen molar-refractivity contribution >= 4 is 6.08 Å². The van der Waals surface area contributed by atoms with Crippen LogP contribution < -0.4 is 0 Å². The lowest BCUT2D eigenvalue weighted by Crippen LogP contribution is -1.99. The molecule has 0 saturated carbocycles. The van der Waals surface area contributed by atoms with E-state index in [-0.39, 0.29) is 5.56 Å². The SMILES string of the molecule is C=Cc1c(C(F)F)nn(C)c1C(F)F. The Kier molecular flexibility index (Phi) is 2.93. The Balaban J connectivity index is 3.35. The zero-order chi connectivity index (χ0) is 10.9. The van der Waals surface area contributed by atoms with Crippen LogP contribution in [0.1, 0.15) is 29.8 Å². The minimum atomic E-state index is -2.87. The molecule has 0 radical (unpaired) electrons. The van der Waals surface area contributed by atoms with Crippen molar-refractivity contribution in [2.45, 2.75) is 12.9 Å². The van der Waals surface area contributed by atoms with Gasteiger partial charge in [-0.2, -0.15) is 5.10 Å². The summed E-state index contributed by atoms with van der Waals surface area (Å²) in [6.45, 7) is 3.21. The summed E-state index contributed by atoms with van der Waals surface area (Å²) in [5.41, 5.74) is -1.47. The van der Waals surface area contributed by atoms with Crippen molar-refractivity contribution in [3.63, 3.8) is 0 Å². The zero-order valence-electron chi connectivity index (χ0n) is 7.35. The van der Waals surface area contributed by atoms with E-state index in [2.05, 4.69) is 11.7 Å². The van der Waals surface area contributed by atoms with Crippen molar-refractivity contribution in [3.05, 3.63) is 23.5 Å². The van der Waals surface area contributed by atoms with E-state index in [1.54, 1.807) is 0 Å². The van der Waals surface area contributed by atoms with Crippen molar-refractivity contribution in [2.75, 3.05) is 0 Å². The summed E-state index contributed by atoms with van der Waals surface area (Å²) in [5.74, 6) is 0. The molecule has 0 aromatic carbocycles.